The summed E-state index contributed by atoms with van der Waals surface area (Å²) >= 11 is 0. The third kappa shape index (κ3) is 4.81. The van der Waals surface area contributed by atoms with Crippen LogP contribution in [-0.4, -0.2) is 28.0 Å². The van der Waals surface area contributed by atoms with Gasteiger partial charge in [-0.05, 0) is 36.4 Å². The quantitative estimate of drug-likeness (QED) is 0.806. The van der Waals surface area contributed by atoms with E-state index in [-0.39, 0.29) is 16.7 Å². The van der Waals surface area contributed by atoms with Crippen LogP contribution in [0.5, 0.6) is 0 Å². The molecule has 6 nitrogen and oxygen atoms in total. The molecule has 0 unspecified atom stereocenters. The van der Waals surface area contributed by atoms with Crippen molar-refractivity contribution in [1.82, 2.24) is 0 Å². The molecule has 0 radical (unpaired) electrons. The van der Waals surface area contributed by atoms with Crippen LogP contribution >= 0.6 is 0 Å². The third-order valence-corrected chi connectivity index (χ3v) is 4.72. The number of rotatable bonds is 7. The SMILES string of the molecule is COC[C@H](C)C(=O)Nc1ccc(S(=O)(=O)Nc2ccccc2)cc1. The van der Waals surface area contributed by atoms with Crippen LogP contribution in [-0.2, 0) is 19.6 Å². The second-order valence-electron chi connectivity index (χ2n) is 5.34. The molecule has 0 aliphatic rings. The van der Waals surface area contributed by atoms with E-state index in [0.29, 0.717) is 18.0 Å². The van der Waals surface area contributed by atoms with Gasteiger partial charge in [0.15, 0.2) is 0 Å². The molecule has 2 aromatic carbocycles. The van der Waals surface area contributed by atoms with Gasteiger partial charge >= 0.3 is 0 Å². The highest BCUT2D eigenvalue weighted by molar-refractivity contribution is 7.92. The van der Waals surface area contributed by atoms with E-state index in [2.05, 4.69) is 10.0 Å². The number of carbonyl (C=O) groups is 1. The van der Waals surface area contributed by atoms with Crippen LogP contribution in [0.15, 0.2) is 59.5 Å². The van der Waals surface area contributed by atoms with Crippen molar-refractivity contribution < 1.29 is 17.9 Å². The Morgan fingerprint density at radius 1 is 1.04 bits per heavy atom. The highest BCUT2D eigenvalue weighted by Gasteiger charge is 2.15. The zero-order valence-electron chi connectivity index (χ0n) is 13.5. The predicted molar refractivity (Wildman–Crippen MR) is 93.4 cm³/mol. The number of benzene rings is 2. The Kier molecular flexibility index (Phi) is 5.94. The summed E-state index contributed by atoms with van der Waals surface area (Å²) in [5, 5.41) is 2.72. The van der Waals surface area contributed by atoms with Gasteiger partial charge in [0.05, 0.1) is 17.4 Å². The summed E-state index contributed by atoms with van der Waals surface area (Å²) in [6.45, 7) is 2.07. The number of methoxy groups -OCH3 is 1. The topological polar surface area (TPSA) is 84.5 Å². The zero-order valence-corrected chi connectivity index (χ0v) is 14.3. The minimum Gasteiger partial charge on any atom is -0.384 e. The zero-order chi connectivity index (χ0) is 17.6. The number of ether oxygens (including phenoxy) is 1. The van der Waals surface area contributed by atoms with E-state index in [9.17, 15) is 13.2 Å². The molecular weight excluding hydrogens is 328 g/mol. The molecule has 2 rings (SSSR count). The number of amides is 1. The smallest absolute Gasteiger partial charge is 0.261 e. The standard InChI is InChI=1S/C17H20N2O4S/c1-13(12-23-2)17(20)18-14-8-10-16(11-9-14)24(21,22)19-15-6-4-3-5-7-15/h3-11,13,19H,12H2,1-2H3,(H,18,20)/t13-/m0/s1. The second-order valence-corrected chi connectivity index (χ2v) is 7.02. The summed E-state index contributed by atoms with van der Waals surface area (Å²) < 4.78 is 32.1. The fourth-order valence-corrected chi connectivity index (χ4v) is 3.09. The molecular formula is C17H20N2O4S. The molecule has 0 saturated heterocycles. The molecule has 0 heterocycles. The molecule has 0 aromatic heterocycles. The number of carbonyl (C=O) groups excluding carboxylic acids is 1. The first-order valence-electron chi connectivity index (χ1n) is 7.40. The van der Waals surface area contributed by atoms with E-state index >= 15 is 0 Å². The lowest BCUT2D eigenvalue weighted by molar-refractivity contribution is -0.120. The first-order valence-corrected chi connectivity index (χ1v) is 8.88. The highest BCUT2D eigenvalue weighted by Crippen LogP contribution is 2.18. The van der Waals surface area contributed by atoms with Crippen molar-refractivity contribution in [3.63, 3.8) is 0 Å². The summed E-state index contributed by atoms with van der Waals surface area (Å²) in [6.07, 6.45) is 0. The van der Waals surface area contributed by atoms with Gasteiger partial charge in [-0.1, -0.05) is 25.1 Å². The van der Waals surface area contributed by atoms with Crippen molar-refractivity contribution in [3.05, 3.63) is 54.6 Å². The van der Waals surface area contributed by atoms with E-state index < -0.39 is 10.0 Å². The van der Waals surface area contributed by atoms with Crippen molar-refractivity contribution >= 4 is 27.3 Å². The molecule has 0 saturated carbocycles. The first kappa shape index (κ1) is 18.0. The second kappa shape index (κ2) is 7.94. The molecule has 0 bridgehead atoms. The summed E-state index contributed by atoms with van der Waals surface area (Å²) in [5.41, 5.74) is 1.02. The van der Waals surface area contributed by atoms with E-state index in [1.54, 1.807) is 49.4 Å². The molecule has 0 aliphatic carbocycles. The van der Waals surface area contributed by atoms with Crippen LogP contribution < -0.4 is 10.0 Å². The molecule has 0 spiro atoms. The minimum atomic E-state index is -3.67. The lowest BCUT2D eigenvalue weighted by Gasteiger charge is -2.12. The van der Waals surface area contributed by atoms with Gasteiger partial charge in [0, 0.05) is 18.5 Å². The van der Waals surface area contributed by atoms with Gasteiger partial charge in [-0.2, -0.15) is 0 Å². The Balaban J connectivity index is 2.07. The molecule has 24 heavy (non-hydrogen) atoms. The van der Waals surface area contributed by atoms with Gasteiger partial charge in [-0.15, -0.1) is 0 Å². The number of nitrogens with one attached hydrogen (secondary N) is 2. The van der Waals surface area contributed by atoms with Crippen LogP contribution in [0.3, 0.4) is 0 Å². The van der Waals surface area contributed by atoms with Gasteiger partial charge < -0.3 is 10.1 Å². The maximum atomic E-state index is 12.3. The monoisotopic (exact) mass is 348 g/mol. The van der Waals surface area contributed by atoms with E-state index in [4.69, 9.17) is 4.74 Å². The van der Waals surface area contributed by atoms with E-state index in [1.807, 2.05) is 0 Å². The summed E-state index contributed by atoms with van der Waals surface area (Å²) in [6, 6.07) is 14.6. The highest BCUT2D eigenvalue weighted by atomic mass is 32.2. The number of hydrogen-bond donors (Lipinski definition) is 2. The van der Waals surface area contributed by atoms with Crippen molar-refractivity contribution in [2.45, 2.75) is 11.8 Å². The van der Waals surface area contributed by atoms with E-state index in [0.717, 1.165) is 0 Å². The third-order valence-electron chi connectivity index (χ3n) is 3.32. The van der Waals surface area contributed by atoms with Crippen LogP contribution in [0.2, 0.25) is 0 Å². The average Bonchev–Trinajstić information content (AvgIpc) is 2.56. The Morgan fingerprint density at radius 3 is 2.25 bits per heavy atom. The summed E-state index contributed by atoms with van der Waals surface area (Å²) in [4.78, 5) is 12.0. The largest absolute Gasteiger partial charge is 0.384 e. The maximum Gasteiger partial charge on any atom is 0.261 e. The van der Waals surface area contributed by atoms with Gasteiger partial charge in [0.1, 0.15) is 0 Å². The lowest BCUT2D eigenvalue weighted by atomic mass is 10.2. The fourth-order valence-electron chi connectivity index (χ4n) is 2.03. The normalized spacial score (nSPS) is 12.4. The molecule has 0 aliphatic heterocycles. The lowest BCUT2D eigenvalue weighted by Crippen LogP contribution is -2.23. The number of para-hydroxylation sites is 1. The molecule has 0 fully saturated rings. The molecule has 128 valence electrons. The van der Waals surface area contributed by atoms with E-state index in [1.165, 1.54) is 19.2 Å². The molecule has 7 heteroatoms. The van der Waals surface area contributed by atoms with Crippen molar-refractivity contribution in [3.8, 4) is 0 Å². The predicted octanol–water partition coefficient (Wildman–Crippen LogP) is 2.71. The molecule has 2 N–H and O–H groups in total. The van der Waals surface area contributed by atoms with Crippen LogP contribution in [0.4, 0.5) is 11.4 Å². The fraction of sp³-hybridized carbons (Fsp3) is 0.235. The number of anilines is 2. The minimum absolute atomic E-state index is 0.120. The Morgan fingerprint density at radius 2 is 1.67 bits per heavy atom. The molecule has 1 amide bonds. The van der Waals surface area contributed by atoms with Gasteiger partial charge in [0.25, 0.3) is 10.0 Å². The summed E-state index contributed by atoms with van der Waals surface area (Å²) in [5.74, 6) is -0.479. The Labute approximate surface area is 141 Å². The van der Waals surface area contributed by atoms with Gasteiger partial charge in [-0.3, -0.25) is 9.52 Å². The van der Waals surface area contributed by atoms with Gasteiger partial charge in [-0.25, -0.2) is 8.42 Å². The van der Waals surface area contributed by atoms with Crippen LogP contribution in [0.1, 0.15) is 6.92 Å². The number of sulfonamides is 1. The first-order chi connectivity index (χ1) is 11.4. The maximum absolute atomic E-state index is 12.3. The Hall–Kier alpha value is -2.38. The van der Waals surface area contributed by atoms with Crippen molar-refractivity contribution in [1.29, 1.82) is 0 Å². The number of hydrogen-bond acceptors (Lipinski definition) is 4. The average molecular weight is 348 g/mol. The van der Waals surface area contributed by atoms with Crippen molar-refractivity contribution in [2.24, 2.45) is 5.92 Å². The Bertz CT molecular complexity index is 774. The molecule has 2 aromatic rings. The molecule has 1 atom stereocenters. The van der Waals surface area contributed by atoms with Gasteiger partial charge in [0.2, 0.25) is 5.91 Å². The summed E-state index contributed by atoms with van der Waals surface area (Å²) in [7, 11) is -2.14. The van der Waals surface area contributed by atoms with Crippen molar-refractivity contribution in [2.75, 3.05) is 23.8 Å². The van der Waals surface area contributed by atoms with Crippen LogP contribution in [0.25, 0.3) is 0 Å². The van der Waals surface area contributed by atoms with Crippen LogP contribution in [0, 0.1) is 5.92 Å².